The van der Waals surface area contributed by atoms with E-state index in [0.717, 1.165) is 34.9 Å². The Morgan fingerprint density at radius 1 is 1.38 bits per heavy atom. The fourth-order valence-electron chi connectivity index (χ4n) is 3.78. The highest BCUT2D eigenvalue weighted by Crippen LogP contribution is 2.30. The van der Waals surface area contributed by atoms with Crippen LogP contribution >= 0.6 is 15.9 Å². The summed E-state index contributed by atoms with van der Waals surface area (Å²) in [5.74, 6) is -0.595. The summed E-state index contributed by atoms with van der Waals surface area (Å²) in [6.45, 7) is 6.86. The normalized spacial score (nSPS) is 19.3. The zero-order valence-electron chi connectivity index (χ0n) is 15.4. The van der Waals surface area contributed by atoms with E-state index in [2.05, 4.69) is 40.1 Å². The van der Waals surface area contributed by atoms with Gasteiger partial charge in [-0.1, -0.05) is 29.8 Å². The maximum absolute atomic E-state index is 12.7. The van der Waals surface area contributed by atoms with Crippen molar-refractivity contribution >= 4 is 44.4 Å². The number of likely N-dealkylation sites (tertiary alicyclic amines) is 1. The molecular weight excluding hydrogens is 398 g/mol. The van der Waals surface area contributed by atoms with E-state index >= 15 is 0 Å². The quantitative estimate of drug-likeness (QED) is 0.661. The van der Waals surface area contributed by atoms with Crippen molar-refractivity contribution in [3.63, 3.8) is 0 Å². The molecule has 1 fully saturated rings. The molecule has 0 saturated carbocycles. The maximum Gasteiger partial charge on any atom is 0.356 e. The molecule has 1 saturated heterocycles. The van der Waals surface area contributed by atoms with Gasteiger partial charge in [0.25, 0.3) is 5.91 Å². The smallest absolute Gasteiger partial charge is 0.356 e. The van der Waals surface area contributed by atoms with Crippen LogP contribution in [0, 0.1) is 5.41 Å². The van der Waals surface area contributed by atoms with E-state index < -0.39 is 5.97 Å². The lowest BCUT2D eigenvalue weighted by Crippen LogP contribution is -3.15. The number of aromatic nitrogens is 1. The number of halogens is 1. The number of carbonyl (C=O) groups excluding carboxylic acids is 2. The predicted octanol–water partition coefficient (Wildman–Crippen LogP) is 2.36. The van der Waals surface area contributed by atoms with Crippen LogP contribution in [0.1, 0.15) is 37.2 Å². The number of fused-ring (bicyclic) bond motifs is 1. The third kappa shape index (κ3) is 4.10. The minimum absolute atomic E-state index is 0.0938. The molecule has 1 aromatic carbocycles. The van der Waals surface area contributed by atoms with Crippen molar-refractivity contribution < 1.29 is 19.2 Å². The number of rotatable bonds is 4. The van der Waals surface area contributed by atoms with E-state index in [1.54, 1.807) is 0 Å². The molecule has 0 radical (unpaired) electrons. The van der Waals surface area contributed by atoms with Crippen molar-refractivity contribution in [3.05, 3.63) is 28.4 Å². The van der Waals surface area contributed by atoms with E-state index in [-0.39, 0.29) is 17.0 Å². The molecule has 1 aromatic heterocycles. The number of methoxy groups -OCH3 is 1. The molecule has 0 bridgehead atoms. The van der Waals surface area contributed by atoms with Crippen molar-refractivity contribution in [2.45, 2.75) is 26.7 Å². The molecule has 1 aliphatic rings. The Morgan fingerprint density at radius 3 is 2.85 bits per heavy atom. The molecule has 7 heteroatoms. The number of esters is 1. The number of nitrogens with one attached hydrogen (secondary N) is 3. The second-order valence-corrected chi connectivity index (χ2v) is 8.64. The van der Waals surface area contributed by atoms with Crippen molar-refractivity contribution in [2.75, 3.05) is 32.1 Å². The zero-order chi connectivity index (χ0) is 18.9. The molecule has 6 nitrogen and oxygen atoms in total. The van der Waals surface area contributed by atoms with Gasteiger partial charge in [0.15, 0.2) is 6.54 Å². The molecule has 3 N–H and O–H groups in total. The first-order chi connectivity index (χ1) is 12.3. The fourth-order valence-corrected chi connectivity index (χ4v) is 4.14. The van der Waals surface area contributed by atoms with Gasteiger partial charge in [-0.2, -0.15) is 0 Å². The second-order valence-electron chi connectivity index (χ2n) is 7.73. The Bertz CT molecular complexity index is 844. The molecule has 3 rings (SSSR count). The Labute approximate surface area is 161 Å². The molecule has 0 spiro atoms. The van der Waals surface area contributed by atoms with Crippen LogP contribution in [-0.4, -0.2) is 43.6 Å². The van der Waals surface area contributed by atoms with Gasteiger partial charge in [0.2, 0.25) is 0 Å². The average molecular weight is 423 g/mol. The largest absolute Gasteiger partial charge is 0.464 e. The van der Waals surface area contributed by atoms with Crippen LogP contribution < -0.4 is 10.2 Å². The molecular formula is C19H25BrN3O3+. The minimum atomic E-state index is -0.501. The molecule has 26 heavy (non-hydrogen) atoms. The van der Waals surface area contributed by atoms with Crippen molar-refractivity contribution in [1.82, 2.24) is 4.98 Å². The molecule has 140 valence electrons. The van der Waals surface area contributed by atoms with Crippen LogP contribution in [0.15, 0.2) is 22.7 Å². The SMILES string of the molecule is COC(=O)c1[nH]c2ccc(Br)cc2c1NC(=O)C[NH+]1CCCC(C)(C)C1. The number of anilines is 1. The third-order valence-electron chi connectivity index (χ3n) is 4.94. The number of ether oxygens (including phenoxy) is 1. The summed E-state index contributed by atoms with van der Waals surface area (Å²) in [5, 5.41) is 3.72. The second kappa shape index (κ2) is 7.40. The van der Waals surface area contributed by atoms with Crippen molar-refractivity contribution in [3.8, 4) is 0 Å². The summed E-state index contributed by atoms with van der Waals surface area (Å²) in [5.41, 5.74) is 1.78. The van der Waals surface area contributed by atoms with Gasteiger partial charge < -0.3 is 19.9 Å². The van der Waals surface area contributed by atoms with Gasteiger partial charge >= 0.3 is 5.97 Å². The number of amides is 1. The highest BCUT2D eigenvalue weighted by atomic mass is 79.9. The standard InChI is InChI=1S/C19H24BrN3O3/c1-19(2)7-4-8-23(11-19)10-15(24)22-16-13-9-12(20)5-6-14(13)21-17(16)18(25)26-3/h5-6,9,21H,4,7-8,10-11H2,1-3H3,(H,22,24)/p+1. The van der Waals surface area contributed by atoms with E-state index in [1.165, 1.54) is 18.4 Å². The highest BCUT2D eigenvalue weighted by Gasteiger charge is 2.31. The zero-order valence-corrected chi connectivity index (χ0v) is 17.0. The van der Waals surface area contributed by atoms with Crippen LogP contribution in [0.25, 0.3) is 10.9 Å². The fraction of sp³-hybridized carbons (Fsp3) is 0.474. The minimum Gasteiger partial charge on any atom is -0.464 e. The van der Waals surface area contributed by atoms with Crippen LogP contribution in [0.2, 0.25) is 0 Å². The Balaban J connectivity index is 1.83. The first kappa shape index (κ1) is 18.9. The molecule has 0 aliphatic carbocycles. The number of quaternary nitrogens is 1. The predicted molar refractivity (Wildman–Crippen MR) is 105 cm³/mol. The number of hydrogen-bond acceptors (Lipinski definition) is 3. The highest BCUT2D eigenvalue weighted by molar-refractivity contribution is 9.10. The first-order valence-corrected chi connectivity index (χ1v) is 9.61. The van der Waals surface area contributed by atoms with Crippen LogP contribution in [-0.2, 0) is 9.53 Å². The molecule has 2 aromatic rings. The first-order valence-electron chi connectivity index (χ1n) is 8.82. The van der Waals surface area contributed by atoms with Gasteiger partial charge in [0, 0.05) is 20.8 Å². The number of aromatic amines is 1. The van der Waals surface area contributed by atoms with E-state index in [4.69, 9.17) is 4.74 Å². The lowest BCUT2D eigenvalue weighted by molar-refractivity contribution is -0.904. The van der Waals surface area contributed by atoms with Gasteiger partial charge in [-0.3, -0.25) is 4.79 Å². The van der Waals surface area contributed by atoms with Gasteiger partial charge in [-0.25, -0.2) is 4.79 Å². The molecule has 1 amide bonds. The Kier molecular flexibility index (Phi) is 5.39. The summed E-state index contributed by atoms with van der Waals surface area (Å²) >= 11 is 3.44. The summed E-state index contributed by atoms with van der Waals surface area (Å²) in [4.78, 5) is 29.1. The Hall–Kier alpha value is -1.86. The van der Waals surface area contributed by atoms with Crippen molar-refractivity contribution in [1.29, 1.82) is 0 Å². The summed E-state index contributed by atoms with van der Waals surface area (Å²) < 4.78 is 5.73. The lowest BCUT2D eigenvalue weighted by Gasteiger charge is -2.34. The van der Waals surface area contributed by atoms with Gasteiger partial charge in [0.1, 0.15) is 5.69 Å². The molecule has 2 heterocycles. The molecule has 1 aliphatic heterocycles. The Morgan fingerprint density at radius 2 is 2.15 bits per heavy atom. The molecule has 1 unspecified atom stereocenters. The monoisotopic (exact) mass is 422 g/mol. The number of H-pyrrole nitrogens is 1. The van der Waals surface area contributed by atoms with Gasteiger partial charge in [-0.05, 0) is 31.0 Å². The number of benzene rings is 1. The van der Waals surface area contributed by atoms with E-state index in [9.17, 15) is 9.59 Å². The van der Waals surface area contributed by atoms with Crippen molar-refractivity contribution in [2.24, 2.45) is 5.41 Å². The number of piperidine rings is 1. The summed E-state index contributed by atoms with van der Waals surface area (Å²) in [6, 6.07) is 5.62. The average Bonchev–Trinajstić information content (AvgIpc) is 2.91. The van der Waals surface area contributed by atoms with E-state index in [0.29, 0.717) is 12.2 Å². The summed E-state index contributed by atoms with van der Waals surface area (Å²) in [6.07, 6.45) is 2.32. The number of hydrogen-bond donors (Lipinski definition) is 3. The maximum atomic E-state index is 12.7. The topological polar surface area (TPSA) is 75.6 Å². The van der Waals surface area contributed by atoms with Crippen LogP contribution in [0.4, 0.5) is 5.69 Å². The van der Waals surface area contributed by atoms with Crippen LogP contribution in [0.3, 0.4) is 0 Å². The third-order valence-corrected chi connectivity index (χ3v) is 5.43. The molecule has 1 atom stereocenters. The number of carbonyl (C=O) groups is 2. The van der Waals surface area contributed by atoms with Gasteiger partial charge in [-0.15, -0.1) is 0 Å². The van der Waals surface area contributed by atoms with Gasteiger partial charge in [0.05, 0.1) is 25.9 Å². The van der Waals surface area contributed by atoms with Crippen LogP contribution in [0.5, 0.6) is 0 Å². The van der Waals surface area contributed by atoms with E-state index in [1.807, 2.05) is 18.2 Å². The summed E-state index contributed by atoms with van der Waals surface area (Å²) in [7, 11) is 1.33. The lowest BCUT2D eigenvalue weighted by atomic mass is 9.84.